The van der Waals surface area contributed by atoms with Gasteiger partial charge in [0.05, 0.1) is 29.1 Å². The lowest BCUT2D eigenvalue weighted by Crippen LogP contribution is -1.87. The highest BCUT2D eigenvalue weighted by Gasteiger charge is 2.08. The molecule has 0 aliphatic rings. The van der Waals surface area contributed by atoms with Crippen LogP contribution in [0.15, 0.2) is 35.2 Å². The van der Waals surface area contributed by atoms with Gasteiger partial charge in [-0.05, 0) is 17.7 Å². The number of aryl methyl sites for hydroxylation is 1. The van der Waals surface area contributed by atoms with Gasteiger partial charge in [0.15, 0.2) is 0 Å². The molecule has 3 aromatic rings. The van der Waals surface area contributed by atoms with Crippen LogP contribution >= 0.6 is 0 Å². The highest BCUT2D eigenvalue weighted by atomic mass is 16.5. The first-order valence-corrected chi connectivity index (χ1v) is 4.87. The summed E-state index contributed by atoms with van der Waals surface area (Å²) in [7, 11) is 1.95. The molecule has 16 heavy (non-hydrogen) atoms. The average Bonchev–Trinajstić information content (AvgIpc) is 2.86. The molecular formula is C11H10N4O. The fraction of sp³-hybridized carbons (Fsp3) is 0.0909. The fourth-order valence-electron chi connectivity index (χ4n) is 1.76. The predicted molar refractivity (Wildman–Crippen MR) is 60.6 cm³/mol. The van der Waals surface area contributed by atoms with Crippen molar-refractivity contribution in [2.75, 3.05) is 5.73 Å². The van der Waals surface area contributed by atoms with Crippen LogP contribution in [-0.2, 0) is 7.05 Å². The van der Waals surface area contributed by atoms with E-state index < -0.39 is 0 Å². The van der Waals surface area contributed by atoms with Gasteiger partial charge in [0.2, 0.25) is 5.88 Å². The molecule has 1 aromatic carbocycles. The Morgan fingerprint density at radius 2 is 2.25 bits per heavy atom. The van der Waals surface area contributed by atoms with E-state index in [-0.39, 0.29) is 0 Å². The van der Waals surface area contributed by atoms with Crippen LogP contribution in [0.2, 0.25) is 0 Å². The molecule has 0 spiro atoms. The molecular weight excluding hydrogens is 204 g/mol. The Morgan fingerprint density at radius 1 is 1.38 bits per heavy atom. The van der Waals surface area contributed by atoms with E-state index in [1.54, 1.807) is 12.5 Å². The second-order valence-electron chi connectivity index (χ2n) is 3.66. The molecule has 0 unspecified atom stereocenters. The molecule has 2 heterocycles. The Labute approximate surface area is 91.5 Å². The van der Waals surface area contributed by atoms with Crippen molar-refractivity contribution in [3.63, 3.8) is 0 Å². The third-order valence-corrected chi connectivity index (χ3v) is 2.63. The number of hydrogen-bond donors (Lipinski definition) is 1. The number of benzene rings is 1. The van der Waals surface area contributed by atoms with Crippen molar-refractivity contribution in [3.8, 4) is 11.1 Å². The Hall–Kier alpha value is -2.30. The monoisotopic (exact) mass is 214 g/mol. The van der Waals surface area contributed by atoms with Crippen molar-refractivity contribution >= 4 is 16.9 Å². The Bertz CT molecular complexity index is 653. The molecule has 80 valence electrons. The van der Waals surface area contributed by atoms with Crippen molar-refractivity contribution in [1.82, 2.24) is 14.7 Å². The van der Waals surface area contributed by atoms with Crippen LogP contribution in [0.25, 0.3) is 22.2 Å². The van der Waals surface area contributed by atoms with E-state index in [2.05, 4.69) is 10.1 Å². The minimum absolute atomic E-state index is 0.335. The molecule has 0 radical (unpaired) electrons. The normalized spacial score (nSPS) is 11.1. The van der Waals surface area contributed by atoms with Crippen LogP contribution in [-0.4, -0.2) is 14.7 Å². The molecule has 3 rings (SSSR count). The van der Waals surface area contributed by atoms with Gasteiger partial charge in [0.1, 0.15) is 0 Å². The van der Waals surface area contributed by atoms with E-state index in [1.807, 2.05) is 29.8 Å². The Kier molecular flexibility index (Phi) is 1.73. The van der Waals surface area contributed by atoms with Crippen LogP contribution in [0.1, 0.15) is 0 Å². The maximum absolute atomic E-state index is 5.68. The van der Waals surface area contributed by atoms with Crippen molar-refractivity contribution < 1.29 is 4.52 Å². The van der Waals surface area contributed by atoms with Crippen LogP contribution in [0.5, 0.6) is 0 Å². The maximum atomic E-state index is 5.68. The van der Waals surface area contributed by atoms with Crippen LogP contribution < -0.4 is 5.73 Å². The van der Waals surface area contributed by atoms with Gasteiger partial charge in [-0.1, -0.05) is 11.2 Å². The molecule has 5 nitrogen and oxygen atoms in total. The number of hydrogen-bond acceptors (Lipinski definition) is 4. The van der Waals surface area contributed by atoms with E-state index in [0.29, 0.717) is 5.88 Å². The molecule has 0 fully saturated rings. The number of rotatable bonds is 1. The predicted octanol–water partition coefficient (Wildman–Crippen LogP) is 1.81. The van der Waals surface area contributed by atoms with Gasteiger partial charge < -0.3 is 14.8 Å². The van der Waals surface area contributed by atoms with E-state index >= 15 is 0 Å². The molecule has 2 aromatic heterocycles. The van der Waals surface area contributed by atoms with Gasteiger partial charge in [-0.15, -0.1) is 0 Å². The minimum atomic E-state index is 0.335. The number of imidazole rings is 1. The summed E-state index contributed by atoms with van der Waals surface area (Å²) in [6.07, 6.45) is 3.40. The summed E-state index contributed by atoms with van der Waals surface area (Å²) in [5.74, 6) is 0.335. The van der Waals surface area contributed by atoms with Crippen molar-refractivity contribution in [3.05, 3.63) is 30.7 Å². The van der Waals surface area contributed by atoms with Crippen LogP contribution in [0.4, 0.5) is 5.88 Å². The first-order valence-electron chi connectivity index (χ1n) is 4.87. The molecule has 0 bridgehead atoms. The maximum Gasteiger partial charge on any atom is 0.229 e. The summed E-state index contributed by atoms with van der Waals surface area (Å²) >= 11 is 0. The zero-order valence-corrected chi connectivity index (χ0v) is 8.71. The summed E-state index contributed by atoms with van der Waals surface area (Å²) in [6.45, 7) is 0. The minimum Gasteiger partial charge on any atom is -0.367 e. The van der Waals surface area contributed by atoms with Crippen LogP contribution in [0, 0.1) is 0 Å². The van der Waals surface area contributed by atoms with Gasteiger partial charge in [0, 0.05) is 7.05 Å². The molecule has 0 amide bonds. The van der Waals surface area contributed by atoms with Gasteiger partial charge in [-0.3, -0.25) is 0 Å². The highest BCUT2D eigenvalue weighted by Crippen LogP contribution is 2.27. The zero-order valence-electron chi connectivity index (χ0n) is 8.71. The second kappa shape index (κ2) is 3.10. The van der Waals surface area contributed by atoms with E-state index in [0.717, 1.165) is 22.2 Å². The van der Waals surface area contributed by atoms with E-state index in [9.17, 15) is 0 Å². The number of aromatic nitrogens is 3. The molecule has 0 aliphatic carbocycles. The third-order valence-electron chi connectivity index (χ3n) is 2.63. The first-order chi connectivity index (χ1) is 7.75. The molecule has 0 atom stereocenters. The molecule has 5 heteroatoms. The zero-order chi connectivity index (χ0) is 11.1. The fourth-order valence-corrected chi connectivity index (χ4v) is 1.76. The number of fused-ring (bicyclic) bond motifs is 1. The first kappa shape index (κ1) is 8.96. The number of anilines is 1. The Morgan fingerprint density at radius 3 is 3.00 bits per heavy atom. The summed E-state index contributed by atoms with van der Waals surface area (Å²) in [5.41, 5.74) is 9.48. The van der Waals surface area contributed by atoms with E-state index in [1.165, 1.54) is 0 Å². The number of nitrogen functional groups attached to an aromatic ring is 1. The SMILES string of the molecule is Cn1cnc2ccc(-c3cnoc3N)cc21. The van der Waals surface area contributed by atoms with Crippen molar-refractivity contribution in [2.45, 2.75) is 0 Å². The lowest BCUT2D eigenvalue weighted by atomic mass is 10.1. The summed E-state index contributed by atoms with van der Waals surface area (Å²) in [4.78, 5) is 4.26. The van der Waals surface area contributed by atoms with Crippen molar-refractivity contribution in [2.24, 2.45) is 7.05 Å². The van der Waals surface area contributed by atoms with Crippen LogP contribution in [0.3, 0.4) is 0 Å². The smallest absolute Gasteiger partial charge is 0.229 e. The molecule has 0 saturated carbocycles. The van der Waals surface area contributed by atoms with Crippen molar-refractivity contribution in [1.29, 1.82) is 0 Å². The van der Waals surface area contributed by atoms with Gasteiger partial charge in [-0.25, -0.2) is 4.98 Å². The number of nitrogens with two attached hydrogens (primary N) is 1. The lowest BCUT2D eigenvalue weighted by Gasteiger charge is -1.99. The van der Waals surface area contributed by atoms with Gasteiger partial charge in [-0.2, -0.15) is 0 Å². The lowest BCUT2D eigenvalue weighted by molar-refractivity contribution is 0.436. The third kappa shape index (κ3) is 1.18. The average molecular weight is 214 g/mol. The topological polar surface area (TPSA) is 69.9 Å². The Balaban J connectivity index is 2.25. The summed E-state index contributed by atoms with van der Waals surface area (Å²) < 4.78 is 6.81. The highest BCUT2D eigenvalue weighted by molar-refractivity contribution is 5.84. The quantitative estimate of drug-likeness (QED) is 0.670. The largest absolute Gasteiger partial charge is 0.367 e. The standard InChI is InChI=1S/C11H10N4O/c1-15-6-13-9-3-2-7(4-10(9)15)8-5-14-16-11(8)12/h2-6H,12H2,1H3. The molecule has 2 N–H and O–H groups in total. The van der Waals surface area contributed by atoms with Gasteiger partial charge >= 0.3 is 0 Å². The van der Waals surface area contributed by atoms with Gasteiger partial charge in [0.25, 0.3) is 0 Å². The summed E-state index contributed by atoms with van der Waals surface area (Å²) in [6, 6.07) is 5.93. The summed E-state index contributed by atoms with van der Waals surface area (Å²) in [5, 5.41) is 3.67. The number of nitrogens with zero attached hydrogens (tertiary/aromatic N) is 3. The molecule has 0 saturated heterocycles. The molecule has 0 aliphatic heterocycles. The second-order valence-corrected chi connectivity index (χ2v) is 3.66. The van der Waals surface area contributed by atoms with E-state index in [4.69, 9.17) is 10.3 Å².